The molecule has 0 aliphatic carbocycles. The van der Waals surface area contributed by atoms with Gasteiger partial charge in [-0.2, -0.15) is 0 Å². The number of rotatable bonds is 3. The molecule has 0 saturated heterocycles. The normalized spacial score (nSPS) is 12.2. The molecule has 2 rings (SSSR count). The zero-order chi connectivity index (χ0) is 13.1. The summed E-state index contributed by atoms with van der Waals surface area (Å²) in [5, 5.41) is 10.3. The van der Waals surface area contributed by atoms with E-state index < -0.39 is 11.9 Å². The van der Waals surface area contributed by atoms with Crippen molar-refractivity contribution in [2.24, 2.45) is 0 Å². The molecule has 0 amide bonds. The Hall–Kier alpha value is -1.39. The van der Waals surface area contributed by atoms with E-state index in [1.807, 2.05) is 18.2 Å². The van der Waals surface area contributed by atoms with Crippen molar-refractivity contribution in [1.29, 1.82) is 0 Å². The fourth-order valence-electron chi connectivity index (χ4n) is 1.81. The van der Waals surface area contributed by atoms with Crippen molar-refractivity contribution in [1.82, 2.24) is 0 Å². The van der Waals surface area contributed by atoms with Crippen LogP contribution in [0.4, 0.5) is 4.39 Å². The summed E-state index contributed by atoms with van der Waals surface area (Å²) in [5.74, 6) is 0.0143. The average molecular weight is 311 g/mol. The topological polar surface area (TPSA) is 29.5 Å². The minimum Gasteiger partial charge on any atom is -0.495 e. The highest BCUT2D eigenvalue weighted by Crippen LogP contribution is 2.36. The lowest BCUT2D eigenvalue weighted by Gasteiger charge is -2.16. The number of ether oxygens (including phenoxy) is 1. The predicted molar refractivity (Wildman–Crippen MR) is 71.2 cm³/mol. The number of methoxy groups -OCH3 is 1. The third kappa shape index (κ3) is 2.54. The lowest BCUT2D eigenvalue weighted by Crippen LogP contribution is -2.03. The molecule has 0 saturated carbocycles. The second-order valence-electron chi connectivity index (χ2n) is 3.82. The Morgan fingerprint density at radius 2 is 1.89 bits per heavy atom. The highest BCUT2D eigenvalue weighted by Gasteiger charge is 2.18. The maximum Gasteiger partial charge on any atom is 0.139 e. The van der Waals surface area contributed by atoms with Crippen molar-refractivity contribution in [2.75, 3.05) is 7.11 Å². The first-order valence-electron chi connectivity index (χ1n) is 5.39. The van der Waals surface area contributed by atoms with Gasteiger partial charge in [-0.15, -0.1) is 0 Å². The van der Waals surface area contributed by atoms with Crippen LogP contribution in [0.1, 0.15) is 17.2 Å². The van der Waals surface area contributed by atoms with Gasteiger partial charge in [-0.05, 0) is 33.6 Å². The number of aliphatic hydroxyl groups is 1. The molecule has 2 nitrogen and oxygen atoms in total. The highest BCUT2D eigenvalue weighted by atomic mass is 79.9. The van der Waals surface area contributed by atoms with Crippen molar-refractivity contribution >= 4 is 15.9 Å². The van der Waals surface area contributed by atoms with Crippen LogP contribution in [-0.4, -0.2) is 12.2 Å². The monoisotopic (exact) mass is 310 g/mol. The van der Waals surface area contributed by atoms with Gasteiger partial charge in [-0.25, -0.2) is 4.39 Å². The number of aliphatic hydroxyl groups excluding tert-OH is 1. The van der Waals surface area contributed by atoms with Crippen LogP contribution in [0, 0.1) is 5.82 Å². The molecule has 94 valence electrons. The molecule has 0 fully saturated rings. The summed E-state index contributed by atoms with van der Waals surface area (Å²) < 4.78 is 19.1. The molecule has 1 unspecified atom stereocenters. The molecule has 0 aromatic heterocycles. The lowest BCUT2D eigenvalue weighted by atomic mass is 10.0. The Kier molecular flexibility index (Phi) is 3.99. The van der Waals surface area contributed by atoms with E-state index in [1.165, 1.54) is 19.2 Å². The third-order valence-corrected chi connectivity index (χ3v) is 3.24. The highest BCUT2D eigenvalue weighted by molar-refractivity contribution is 9.10. The molecule has 0 aliphatic rings. The lowest BCUT2D eigenvalue weighted by molar-refractivity contribution is 0.214. The zero-order valence-corrected chi connectivity index (χ0v) is 11.3. The van der Waals surface area contributed by atoms with E-state index in [2.05, 4.69) is 15.9 Å². The zero-order valence-electron chi connectivity index (χ0n) is 9.73. The van der Waals surface area contributed by atoms with Gasteiger partial charge in [0.05, 0.1) is 11.6 Å². The van der Waals surface area contributed by atoms with Crippen molar-refractivity contribution in [3.05, 3.63) is 63.9 Å². The number of hydrogen-bond donors (Lipinski definition) is 1. The van der Waals surface area contributed by atoms with Crippen LogP contribution in [-0.2, 0) is 0 Å². The first-order chi connectivity index (χ1) is 8.63. The van der Waals surface area contributed by atoms with Gasteiger partial charge >= 0.3 is 0 Å². The summed E-state index contributed by atoms with van der Waals surface area (Å²) in [6.45, 7) is 0. The van der Waals surface area contributed by atoms with E-state index in [9.17, 15) is 9.50 Å². The summed E-state index contributed by atoms with van der Waals surface area (Å²) >= 11 is 3.22. The Morgan fingerprint density at radius 3 is 2.50 bits per heavy atom. The minimum absolute atomic E-state index is 0.399. The van der Waals surface area contributed by atoms with Crippen LogP contribution in [0.3, 0.4) is 0 Å². The Labute approximate surface area is 113 Å². The second kappa shape index (κ2) is 5.50. The molecule has 4 heteroatoms. The maximum absolute atomic E-state index is 13.4. The van der Waals surface area contributed by atoms with Crippen molar-refractivity contribution in [3.63, 3.8) is 0 Å². The quantitative estimate of drug-likeness (QED) is 0.937. The van der Waals surface area contributed by atoms with Gasteiger partial charge in [0, 0.05) is 5.56 Å². The molecule has 0 bridgehead atoms. The number of benzene rings is 2. The van der Waals surface area contributed by atoms with Crippen LogP contribution >= 0.6 is 15.9 Å². The van der Waals surface area contributed by atoms with Gasteiger partial charge in [-0.1, -0.05) is 30.3 Å². The Morgan fingerprint density at radius 1 is 1.22 bits per heavy atom. The van der Waals surface area contributed by atoms with Gasteiger partial charge in [0.1, 0.15) is 17.7 Å². The van der Waals surface area contributed by atoms with E-state index in [-0.39, 0.29) is 0 Å². The van der Waals surface area contributed by atoms with Gasteiger partial charge in [0.25, 0.3) is 0 Å². The summed E-state index contributed by atoms with van der Waals surface area (Å²) in [6, 6.07) is 11.6. The largest absolute Gasteiger partial charge is 0.495 e. The van der Waals surface area contributed by atoms with E-state index >= 15 is 0 Å². The molecule has 0 radical (unpaired) electrons. The van der Waals surface area contributed by atoms with E-state index in [4.69, 9.17) is 4.74 Å². The second-order valence-corrected chi connectivity index (χ2v) is 4.68. The standard InChI is InChI=1S/C14H12BrFO2/c1-18-14-11(7-10(16)8-12(14)15)13(17)9-5-3-2-4-6-9/h2-8,13,17H,1H3. The van der Waals surface area contributed by atoms with Crippen molar-refractivity contribution in [2.45, 2.75) is 6.10 Å². The molecule has 1 N–H and O–H groups in total. The minimum atomic E-state index is -0.923. The SMILES string of the molecule is COc1c(Br)cc(F)cc1C(O)c1ccccc1. The molecule has 1 atom stereocenters. The van der Waals surface area contributed by atoms with Gasteiger partial charge in [0.15, 0.2) is 0 Å². The third-order valence-electron chi connectivity index (χ3n) is 2.65. The summed E-state index contributed by atoms with van der Waals surface area (Å²) in [4.78, 5) is 0. The molecule has 2 aromatic carbocycles. The predicted octanol–water partition coefficient (Wildman–Crippen LogP) is 3.68. The fourth-order valence-corrected chi connectivity index (χ4v) is 2.42. The van der Waals surface area contributed by atoms with Crippen LogP contribution in [0.2, 0.25) is 0 Å². The van der Waals surface area contributed by atoms with Crippen LogP contribution in [0.5, 0.6) is 5.75 Å². The van der Waals surface area contributed by atoms with Crippen LogP contribution in [0.25, 0.3) is 0 Å². The van der Waals surface area contributed by atoms with Gasteiger partial charge in [-0.3, -0.25) is 0 Å². The van der Waals surface area contributed by atoms with Gasteiger partial charge < -0.3 is 9.84 Å². The molecular formula is C14H12BrFO2. The van der Waals surface area contributed by atoms with Crippen molar-refractivity contribution < 1.29 is 14.2 Å². The molecule has 2 aromatic rings. The first-order valence-corrected chi connectivity index (χ1v) is 6.18. The average Bonchev–Trinajstić information content (AvgIpc) is 2.38. The number of halogens is 2. The Balaban J connectivity index is 2.50. The molecular weight excluding hydrogens is 299 g/mol. The van der Waals surface area contributed by atoms with Crippen LogP contribution < -0.4 is 4.74 Å². The first kappa shape index (κ1) is 13.1. The van der Waals surface area contributed by atoms with E-state index in [1.54, 1.807) is 12.1 Å². The summed E-state index contributed by atoms with van der Waals surface area (Å²) in [5.41, 5.74) is 1.09. The van der Waals surface area contributed by atoms with Gasteiger partial charge in [0.2, 0.25) is 0 Å². The van der Waals surface area contributed by atoms with E-state index in [0.717, 1.165) is 0 Å². The number of hydrogen-bond acceptors (Lipinski definition) is 2. The molecule has 0 spiro atoms. The fraction of sp³-hybridized carbons (Fsp3) is 0.143. The maximum atomic E-state index is 13.4. The summed E-state index contributed by atoms with van der Waals surface area (Å²) in [7, 11) is 1.49. The smallest absolute Gasteiger partial charge is 0.139 e. The summed E-state index contributed by atoms with van der Waals surface area (Å²) in [6.07, 6.45) is -0.923. The van der Waals surface area contributed by atoms with Crippen molar-refractivity contribution in [3.8, 4) is 5.75 Å². The van der Waals surface area contributed by atoms with E-state index in [0.29, 0.717) is 21.3 Å². The molecule has 0 aliphatic heterocycles. The van der Waals surface area contributed by atoms with Crippen LogP contribution in [0.15, 0.2) is 46.9 Å². The Bertz CT molecular complexity index is 543. The molecule has 0 heterocycles. The molecule has 18 heavy (non-hydrogen) atoms.